The number of amides is 3. The highest BCUT2D eigenvalue weighted by Gasteiger charge is 2.36. The molecule has 1 saturated heterocycles. The van der Waals surface area contributed by atoms with Gasteiger partial charge in [0.1, 0.15) is 19.0 Å². The Hall–Kier alpha value is -4.11. The first-order chi connectivity index (χ1) is 17.3. The van der Waals surface area contributed by atoms with Gasteiger partial charge in [0.25, 0.3) is 11.1 Å². The third-order valence-electron chi connectivity index (χ3n) is 5.27. The fraction of sp³-hybridized carbons (Fsp3) is 0.148. The van der Waals surface area contributed by atoms with Crippen molar-refractivity contribution < 1.29 is 28.2 Å². The van der Waals surface area contributed by atoms with Gasteiger partial charge in [0, 0.05) is 5.69 Å². The molecule has 184 valence electrons. The van der Waals surface area contributed by atoms with Crippen LogP contribution in [0.3, 0.4) is 0 Å². The number of aryl methyl sites for hydroxylation is 1. The molecule has 1 aliphatic heterocycles. The highest BCUT2D eigenvalue weighted by Crippen LogP contribution is 2.34. The number of carbonyl (C=O) groups is 3. The number of nitrogens with one attached hydrogen (secondary N) is 1. The molecule has 3 aromatic rings. The van der Waals surface area contributed by atoms with E-state index in [0.717, 1.165) is 27.8 Å². The monoisotopic (exact) mass is 506 g/mol. The molecule has 36 heavy (non-hydrogen) atoms. The Balaban J connectivity index is 1.42. The van der Waals surface area contributed by atoms with Crippen LogP contribution in [0.5, 0.6) is 11.5 Å². The number of nitrogens with zero attached hydrogens (tertiary/aromatic N) is 1. The van der Waals surface area contributed by atoms with Crippen molar-refractivity contribution in [3.63, 3.8) is 0 Å². The molecule has 1 aliphatic rings. The van der Waals surface area contributed by atoms with Crippen molar-refractivity contribution in [1.29, 1.82) is 0 Å². The first-order valence-electron chi connectivity index (χ1n) is 11.0. The second-order valence-electron chi connectivity index (χ2n) is 8.01. The number of thioether (sulfide) groups is 1. The minimum Gasteiger partial charge on any atom is -0.493 e. The Labute approximate surface area is 211 Å². The number of halogens is 1. The van der Waals surface area contributed by atoms with E-state index in [1.807, 2.05) is 13.0 Å². The lowest BCUT2D eigenvalue weighted by Crippen LogP contribution is -2.36. The molecule has 1 N–H and O–H groups in total. The average Bonchev–Trinajstić information content (AvgIpc) is 3.11. The van der Waals surface area contributed by atoms with E-state index in [1.54, 1.807) is 54.6 Å². The fourth-order valence-electron chi connectivity index (χ4n) is 3.49. The zero-order valence-corrected chi connectivity index (χ0v) is 20.4. The van der Waals surface area contributed by atoms with Crippen molar-refractivity contribution >= 4 is 40.6 Å². The van der Waals surface area contributed by atoms with E-state index in [0.29, 0.717) is 22.7 Å². The number of benzene rings is 3. The van der Waals surface area contributed by atoms with Crippen molar-refractivity contribution in [1.82, 2.24) is 4.90 Å². The second kappa shape index (κ2) is 11.1. The van der Waals surface area contributed by atoms with Crippen LogP contribution < -0.4 is 14.8 Å². The van der Waals surface area contributed by atoms with Gasteiger partial charge in [0.05, 0.1) is 12.0 Å². The maximum atomic E-state index is 13.1. The summed E-state index contributed by atoms with van der Waals surface area (Å²) in [6, 6.07) is 18.3. The van der Waals surface area contributed by atoms with Gasteiger partial charge in [-0.2, -0.15) is 0 Å². The smallest absolute Gasteiger partial charge is 0.294 e. The Bertz CT molecular complexity index is 1340. The van der Waals surface area contributed by atoms with Gasteiger partial charge in [-0.05, 0) is 77.9 Å². The standard InChI is InChI=1S/C27H23FN2O5S/c1-17-4-3-5-21(12-17)29-25(31)15-30-26(32)24(36-27(30)33)14-19-8-11-22(23(13-19)34-2)35-16-18-6-9-20(28)10-7-18/h3-14H,15-16H2,1-2H3,(H,29,31)/b24-14-. The third kappa shape index (κ3) is 6.11. The molecule has 0 atom stereocenters. The molecule has 1 heterocycles. The molecule has 0 unspecified atom stereocenters. The number of carbonyl (C=O) groups excluding carboxylic acids is 3. The lowest BCUT2D eigenvalue weighted by atomic mass is 10.1. The number of imide groups is 1. The van der Waals surface area contributed by atoms with Crippen LogP contribution >= 0.6 is 11.8 Å². The molecule has 0 aromatic heterocycles. The summed E-state index contributed by atoms with van der Waals surface area (Å²) < 4.78 is 24.3. The van der Waals surface area contributed by atoms with Crippen LogP contribution in [0.1, 0.15) is 16.7 Å². The summed E-state index contributed by atoms with van der Waals surface area (Å²) in [5.74, 6) is -0.423. The highest BCUT2D eigenvalue weighted by atomic mass is 32.2. The molecule has 1 fully saturated rings. The predicted octanol–water partition coefficient (Wildman–Crippen LogP) is 5.40. The van der Waals surface area contributed by atoms with Gasteiger partial charge < -0.3 is 14.8 Å². The molecular formula is C27H23FN2O5S. The van der Waals surface area contributed by atoms with Crippen LogP contribution in [0.25, 0.3) is 6.08 Å². The molecule has 7 nitrogen and oxygen atoms in total. The average molecular weight is 507 g/mol. The number of ether oxygens (including phenoxy) is 2. The number of methoxy groups -OCH3 is 1. The predicted molar refractivity (Wildman–Crippen MR) is 136 cm³/mol. The van der Waals surface area contributed by atoms with Crippen LogP contribution in [0.2, 0.25) is 0 Å². The van der Waals surface area contributed by atoms with Crippen LogP contribution in [0.4, 0.5) is 14.9 Å². The Morgan fingerprint density at radius 1 is 1.06 bits per heavy atom. The van der Waals surface area contributed by atoms with Crippen LogP contribution in [-0.4, -0.2) is 35.6 Å². The molecule has 0 aliphatic carbocycles. The maximum absolute atomic E-state index is 13.1. The quantitative estimate of drug-likeness (QED) is 0.412. The molecule has 3 aromatic carbocycles. The molecular weight excluding hydrogens is 483 g/mol. The maximum Gasteiger partial charge on any atom is 0.294 e. The Kier molecular flexibility index (Phi) is 7.70. The third-order valence-corrected chi connectivity index (χ3v) is 6.18. The zero-order valence-electron chi connectivity index (χ0n) is 19.6. The second-order valence-corrected chi connectivity index (χ2v) is 9.00. The molecule has 4 rings (SSSR count). The summed E-state index contributed by atoms with van der Waals surface area (Å²) in [4.78, 5) is 38.8. The molecule has 0 spiro atoms. The summed E-state index contributed by atoms with van der Waals surface area (Å²) >= 11 is 0.770. The lowest BCUT2D eigenvalue weighted by Gasteiger charge is -2.13. The SMILES string of the molecule is COc1cc(/C=C2\SC(=O)N(CC(=O)Nc3cccc(C)c3)C2=O)ccc1OCc1ccc(F)cc1. The summed E-state index contributed by atoms with van der Waals surface area (Å²) in [6.45, 7) is 1.74. The van der Waals surface area contributed by atoms with Crippen LogP contribution in [-0.2, 0) is 16.2 Å². The fourth-order valence-corrected chi connectivity index (χ4v) is 4.33. The van der Waals surface area contributed by atoms with E-state index in [2.05, 4.69) is 5.32 Å². The van der Waals surface area contributed by atoms with Gasteiger partial charge in [-0.3, -0.25) is 19.3 Å². The van der Waals surface area contributed by atoms with Crippen molar-refractivity contribution in [3.8, 4) is 11.5 Å². The first-order valence-corrected chi connectivity index (χ1v) is 11.8. The van der Waals surface area contributed by atoms with Crippen molar-refractivity contribution in [2.75, 3.05) is 19.0 Å². The van der Waals surface area contributed by atoms with Gasteiger partial charge >= 0.3 is 0 Å². The van der Waals surface area contributed by atoms with E-state index in [9.17, 15) is 18.8 Å². The van der Waals surface area contributed by atoms with Crippen molar-refractivity contribution in [3.05, 3.63) is 94.1 Å². The summed E-state index contributed by atoms with van der Waals surface area (Å²) in [5, 5.41) is 2.18. The number of anilines is 1. The van der Waals surface area contributed by atoms with E-state index in [-0.39, 0.29) is 23.9 Å². The van der Waals surface area contributed by atoms with Gasteiger partial charge in [0.15, 0.2) is 11.5 Å². The van der Waals surface area contributed by atoms with Gasteiger partial charge in [0.2, 0.25) is 5.91 Å². The molecule has 0 bridgehead atoms. The summed E-state index contributed by atoms with van der Waals surface area (Å²) in [5.41, 5.74) is 2.99. The van der Waals surface area contributed by atoms with E-state index >= 15 is 0 Å². The van der Waals surface area contributed by atoms with E-state index in [4.69, 9.17) is 9.47 Å². The number of rotatable bonds is 8. The van der Waals surface area contributed by atoms with Crippen LogP contribution in [0.15, 0.2) is 71.6 Å². The molecule has 3 amide bonds. The number of hydrogen-bond donors (Lipinski definition) is 1. The first kappa shape index (κ1) is 25.0. The Morgan fingerprint density at radius 3 is 2.56 bits per heavy atom. The molecule has 0 radical (unpaired) electrons. The molecule has 0 saturated carbocycles. The van der Waals surface area contributed by atoms with Crippen LogP contribution in [0, 0.1) is 12.7 Å². The highest BCUT2D eigenvalue weighted by molar-refractivity contribution is 8.18. The minimum absolute atomic E-state index is 0.199. The largest absolute Gasteiger partial charge is 0.493 e. The summed E-state index contributed by atoms with van der Waals surface area (Å²) in [6.07, 6.45) is 1.57. The van der Waals surface area contributed by atoms with Gasteiger partial charge in [-0.15, -0.1) is 0 Å². The Morgan fingerprint density at radius 2 is 1.83 bits per heavy atom. The lowest BCUT2D eigenvalue weighted by molar-refractivity contribution is -0.127. The van der Waals surface area contributed by atoms with E-state index < -0.39 is 17.1 Å². The normalized spacial score (nSPS) is 14.3. The van der Waals surface area contributed by atoms with Crippen molar-refractivity contribution in [2.24, 2.45) is 0 Å². The van der Waals surface area contributed by atoms with Gasteiger partial charge in [-0.25, -0.2) is 4.39 Å². The minimum atomic E-state index is -0.542. The van der Waals surface area contributed by atoms with E-state index in [1.165, 1.54) is 19.2 Å². The van der Waals surface area contributed by atoms with Crippen molar-refractivity contribution in [2.45, 2.75) is 13.5 Å². The zero-order chi connectivity index (χ0) is 25.7. The summed E-state index contributed by atoms with van der Waals surface area (Å²) in [7, 11) is 1.49. The number of hydrogen-bond acceptors (Lipinski definition) is 6. The molecule has 9 heteroatoms. The topological polar surface area (TPSA) is 84.9 Å². The van der Waals surface area contributed by atoms with Gasteiger partial charge in [-0.1, -0.05) is 30.3 Å².